The van der Waals surface area contributed by atoms with Crippen molar-refractivity contribution in [1.29, 1.82) is 0 Å². The molecule has 1 aromatic rings. The van der Waals surface area contributed by atoms with Gasteiger partial charge in [0.1, 0.15) is 0 Å². The molecule has 0 saturated heterocycles. The van der Waals surface area contributed by atoms with Gasteiger partial charge in [0, 0.05) is 34.6 Å². The highest BCUT2D eigenvalue weighted by Crippen LogP contribution is 2.53. The van der Waals surface area contributed by atoms with E-state index in [-0.39, 0.29) is 5.41 Å². The molecule has 2 aliphatic rings. The Morgan fingerprint density at radius 2 is 1.90 bits per heavy atom. The number of hydrogen-bond acceptors (Lipinski definition) is 2. The highest BCUT2D eigenvalue weighted by atomic mass is 15.2. The summed E-state index contributed by atoms with van der Waals surface area (Å²) in [6, 6.07) is 10.5. The third-order valence-electron chi connectivity index (χ3n) is 4.49. The van der Waals surface area contributed by atoms with Gasteiger partial charge in [-0.3, -0.25) is 0 Å². The number of rotatable bonds is 2. The normalized spacial score (nSPS) is 25.2. The summed E-state index contributed by atoms with van der Waals surface area (Å²) < 4.78 is 0. The lowest BCUT2D eigenvalue weighted by Gasteiger charge is -2.34. The van der Waals surface area contributed by atoms with Crippen LogP contribution in [0.5, 0.6) is 0 Å². The van der Waals surface area contributed by atoms with Crippen LogP contribution in [0.2, 0.25) is 0 Å². The zero-order chi connectivity index (χ0) is 15.0. The Labute approximate surface area is 127 Å². The van der Waals surface area contributed by atoms with Crippen LogP contribution in [-0.4, -0.2) is 0 Å². The van der Waals surface area contributed by atoms with Crippen LogP contribution < -0.4 is 10.6 Å². The zero-order valence-corrected chi connectivity index (χ0v) is 12.9. The lowest BCUT2D eigenvalue weighted by molar-refractivity contribution is 0.488. The first-order valence-corrected chi connectivity index (χ1v) is 7.44. The van der Waals surface area contributed by atoms with Crippen molar-refractivity contribution in [3.8, 4) is 0 Å². The van der Waals surface area contributed by atoms with Crippen LogP contribution in [0.1, 0.15) is 27.2 Å². The SMILES string of the molecule is C/C=C\C1=C(C)N(c2ccccc2)C2=CC=C(N)CC21C. The summed E-state index contributed by atoms with van der Waals surface area (Å²) in [4.78, 5) is 2.36. The minimum Gasteiger partial charge on any atom is -0.402 e. The van der Waals surface area contributed by atoms with Gasteiger partial charge in [0.2, 0.25) is 0 Å². The molecule has 1 atom stereocenters. The Balaban J connectivity index is 2.20. The molecule has 0 amide bonds. The molecule has 21 heavy (non-hydrogen) atoms. The first-order valence-electron chi connectivity index (χ1n) is 7.44. The second kappa shape index (κ2) is 4.96. The Kier molecular flexibility index (Phi) is 3.25. The van der Waals surface area contributed by atoms with E-state index >= 15 is 0 Å². The Morgan fingerprint density at radius 3 is 2.57 bits per heavy atom. The second-order valence-corrected chi connectivity index (χ2v) is 5.97. The molecule has 108 valence electrons. The highest BCUT2D eigenvalue weighted by Gasteiger charge is 2.44. The predicted octanol–water partition coefficient (Wildman–Crippen LogP) is 4.49. The fourth-order valence-electron chi connectivity index (χ4n) is 3.56. The van der Waals surface area contributed by atoms with E-state index in [0.29, 0.717) is 0 Å². The molecular formula is C19H22N2. The standard InChI is InChI=1S/C19H22N2/c1-4-8-17-14(2)21(16-9-6-5-7-10-16)18-12-11-15(20)13-19(17,18)3/h4-12H,13,20H2,1-3H3/b8-4-. The van der Waals surface area contributed by atoms with Crippen molar-refractivity contribution in [2.24, 2.45) is 11.1 Å². The summed E-state index contributed by atoms with van der Waals surface area (Å²) in [6.45, 7) is 6.56. The number of fused-ring (bicyclic) bond motifs is 1. The van der Waals surface area contributed by atoms with Crippen LogP contribution in [0.15, 0.2) is 77.3 Å². The molecule has 2 heteroatoms. The maximum absolute atomic E-state index is 6.12. The fraction of sp³-hybridized carbons (Fsp3) is 0.263. The van der Waals surface area contributed by atoms with Gasteiger partial charge in [-0.2, -0.15) is 0 Å². The monoisotopic (exact) mass is 278 g/mol. The lowest BCUT2D eigenvalue weighted by atomic mass is 9.74. The largest absolute Gasteiger partial charge is 0.402 e. The first kappa shape index (κ1) is 13.7. The van der Waals surface area contributed by atoms with Gasteiger partial charge in [-0.25, -0.2) is 0 Å². The Bertz CT molecular complexity index is 677. The number of anilines is 1. The predicted molar refractivity (Wildman–Crippen MR) is 89.5 cm³/mol. The lowest BCUT2D eigenvalue weighted by Crippen LogP contribution is -2.28. The third-order valence-corrected chi connectivity index (χ3v) is 4.49. The first-order chi connectivity index (χ1) is 10.1. The number of allylic oxidation sites excluding steroid dienone is 7. The zero-order valence-electron chi connectivity index (χ0n) is 12.9. The topological polar surface area (TPSA) is 29.3 Å². The summed E-state index contributed by atoms with van der Waals surface area (Å²) in [5.41, 5.74) is 12.2. The number of nitrogens with zero attached hydrogens (tertiary/aromatic N) is 1. The van der Waals surface area contributed by atoms with E-state index in [9.17, 15) is 0 Å². The van der Waals surface area contributed by atoms with E-state index in [2.05, 4.69) is 74.2 Å². The molecule has 0 bridgehead atoms. The molecule has 1 unspecified atom stereocenters. The van der Waals surface area contributed by atoms with E-state index in [0.717, 1.165) is 12.1 Å². The van der Waals surface area contributed by atoms with Crippen molar-refractivity contribution < 1.29 is 0 Å². The van der Waals surface area contributed by atoms with Crippen LogP contribution in [0.4, 0.5) is 5.69 Å². The molecule has 0 aromatic heterocycles. The molecule has 0 spiro atoms. The molecule has 1 aliphatic carbocycles. The average molecular weight is 278 g/mol. The maximum Gasteiger partial charge on any atom is 0.0455 e. The van der Waals surface area contributed by atoms with Crippen LogP contribution >= 0.6 is 0 Å². The van der Waals surface area contributed by atoms with Gasteiger partial charge in [0.25, 0.3) is 0 Å². The van der Waals surface area contributed by atoms with Crippen molar-refractivity contribution in [2.45, 2.75) is 27.2 Å². The van der Waals surface area contributed by atoms with Crippen molar-refractivity contribution in [3.05, 3.63) is 77.3 Å². The highest BCUT2D eigenvalue weighted by molar-refractivity contribution is 5.68. The van der Waals surface area contributed by atoms with Crippen molar-refractivity contribution in [3.63, 3.8) is 0 Å². The van der Waals surface area contributed by atoms with Gasteiger partial charge in [-0.05, 0) is 50.6 Å². The van der Waals surface area contributed by atoms with Crippen LogP contribution in [0.25, 0.3) is 0 Å². The smallest absolute Gasteiger partial charge is 0.0455 e. The summed E-state index contributed by atoms with van der Waals surface area (Å²) in [5.74, 6) is 0. The van der Waals surface area contributed by atoms with E-state index in [1.54, 1.807) is 0 Å². The van der Waals surface area contributed by atoms with E-state index < -0.39 is 0 Å². The molecular weight excluding hydrogens is 256 g/mol. The summed E-state index contributed by atoms with van der Waals surface area (Å²) in [7, 11) is 0. The third kappa shape index (κ3) is 2.02. The van der Waals surface area contributed by atoms with Crippen LogP contribution in [0, 0.1) is 5.41 Å². The number of benzene rings is 1. The van der Waals surface area contributed by atoms with Crippen molar-refractivity contribution in [1.82, 2.24) is 0 Å². The van der Waals surface area contributed by atoms with Gasteiger partial charge in [0.15, 0.2) is 0 Å². The van der Waals surface area contributed by atoms with Gasteiger partial charge < -0.3 is 10.6 Å². The molecule has 1 aromatic carbocycles. The van der Waals surface area contributed by atoms with E-state index in [1.807, 2.05) is 6.08 Å². The van der Waals surface area contributed by atoms with Gasteiger partial charge >= 0.3 is 0 Å². The summed E-state index contributed by atoms with van der Waals surface area (Å²) in [6.07, 6.45) is 9.43. The number of hydrogen-bond donors (Lipinski definition) is 1. The minimum atomic E-state index is -0.0364. The summed E-state index contributed by atoms with van der Waals surface area (Å²) >= 11 is 0. The fourth-order valence-corrected chi connectivity index (χ4v) is 3.56. The molecule has 2 nitrogen and oxygen atoms in total. The minimum absolute atomic E-state index is 0.0364. The van der Waals surface area contributed by atoms with Crippen LogP contribution in [0.3, 0.4) is 0 Å². The van der Waals surface area contributed by atoms with Gasteiger partial charge in [-0.1, -0.05) is 30.4 Å². The molecule has 1 aliphatic heterocycles. The Morgan fingerprint density at radius 1 is 1.19 bits per heavy atom. The van der Waals surface area contributed by atoms with Gasteiger partial charge in [0.05, 0.1) is 0 Å². The van der Waals surface area contributed by atoms with E-state index in [4.69, 9.17) is 5.73 Å². The van der Waals surface area contributed by atoms with Crippen molar-refractivity contribution >= 4 is 5.69 Å². The molecule has 3 rings (SSSR count). The molecule has 0 radical (unpaired) electrons. The maximum atomic E-state index is 6.12. The average Bonchev–Trinajstić information content (AvgIpc) is 2.68. The van der Waals surface area contributed by atoms with Crippen LogP contribution in [-0.2, 0) is 0 Å². The molecule has 0 fully saturated rings. The quantitative estimate of drug-likeness (QED) is 0.863. The number of para-hydroxylation sites is 1. The van der Waals surface area contributed by atoms with Crippen molar-refractivity contribution in [2.75, 3.05) is 4.90 Å². The van der Waals surface area contributed by atoms with E-state index in [1.165, 1.54) is 22.7 Å². The molecule has 2 N–H and O–H groups in total. The molecule has 1 heterocycles. The summed E-state index contributed by atoms with van der Waals surface area (Å²) in [5, 5.41) is 0. The van der Waals surface area contributed by atoms with Gasteiger partial charge in [-0.15, -0.1) is 0 Å². The second-order valence-electron chi connectivity index (χ2n) is 5.97. The Hall–Kier alpha value is -2.22. The number of nitrogens with two attached hydrogens (primary N) is 1. The molecule has 0 saturated carbocycles.